The van der Waals surface area contributed by atoms with Gasteiger partial charge in [-0.05, 0) is 31.8 Å². The summed E-state index contributed by atoms with van der Waals surface area (Å²) in [4.78, 5) is 0. The van der Waals surface area contributed by atoms with Gasteiger partial charge in [0.1, 0.15) is 0 Å². The highest BCUT2D eigenvalue weighted by atomic mass is 16.3. The van der Waals surface area contributed by atoms with Crippen LogP contribution in [0.15, 0.2) is 12.3 Å². The summed E-state index contributed by atoms with van der Waals surface area (Å²) in [6.45, 7) is 5.67. The van der Waals surface area contributed by atoms with Crippen LogP contribution < -0.4 is 5.32 Å². The Morgan fingerprint density at radius 1 is 1.50 bits per heavy atom. The molecule has 0 aromatic heterocycles. The zero-order valence-corrected chi connectivity index (χ0v) is 6.27. The van der Waals surface area contributed by atoms with Gasteiger partial charge in [-0.25, -0.2) is 0 Å². The Bertz CT molecular complexity index is 116. The average molecular weight is 141 g/mol. The summed E-state index contributed by atoms with van der Waals surface area (Å²) >= 11 is 0. The molecule has 1 heterocycles. The van der Waals surface area contributed by atoms with E-state index in [4.69, 9.17) is 5.11 Å². The first-order valence-electron chi connectivity index (χ1n) is 3.86. The van der Waals surface area contributed by atoms with Crippen LogP contribution in [0.25, 0.3) is 0 Å². The van der Waals surface area contributed by atoms with Crippen molar-refractivity contribution < 1.29 is 5.11 Å². The highest BCUT2D eigenvalue weighted by Crippen LogP contribution is 2.18. The number of aliphatic hydroxyl groups is 1. The van der Waals surface area contributed by atoms with E-state index in [1.807, 2.05) is 0 Å². The number of rotatable bonds is 2. The highest BCUT2D eigenvalue weighted by Gasteiger charge is 2.12. The van der Waals surface area contributed by atoms with Gasteiger partial charge in [0.2, 0.25) is 0 Å². The third-order valence-corrected chi connectivity index (χ3v) is 1.98. The summed E-state index contributed by atoms with van der Waals surface area (Å²) in [5, 5.41) is 12.2. The number of hydrogen-bond acceptors (Lipinski definition) is 2. The molecule has 1 aliphatic heterocycles. The third kappa shape index (κ3) is 2.40. The van der Waals surface area contributed by atoms with E-state index in [2.05, 4.69) is 11.9 Å². The Morgan fingerprint density at radius 2 is 2.10 bits per heavy atom. The van der Waals surface area contributed by atoms with E-state index in [0.717, 1.165) is 19.5 Å². The molecule has 1 fully saturated rings. The topological polar surface area (TPSA) is 32.3 Å². The van der Waals surface area contributed by atoms with Gasteiger partial charge in [-0.3, -0.25) is 0 Å². The molecule has 0 aromatic carbocycles. The lowest BCUT2D eigenvalue weighted by Gasteiger charge is -2.21. The van der Waals surface area contributed by atoms with Crippen LogP contribution in [0.1, 0.15) is 19.3 Å². The summed E-state index contributed by atoms with van der Waals surface area (Å²) in [5.74, 6) is 1.01. The molecule has 0 atom stereocenters. The fourth-order valence-corrected chi connectivity index (χ4v) is 1.42. The molecule has 1 aliphatic rings. The fourth-order valence-electron chi connectivity index (χ4n) is 1.42. The summed E-state index contributed by atoms with van der Waals surface area (Å²) in [7, 11) is 0. The lowest BCUT2D eigenvalue weighted by Crippen LogP contribution is -2.27. The minimum atomic E-state index is 0.340. The van der Waals surface area contributed by atoms with Gasteiger partial charge in [-0.15, -0.1) is 0 Å². The van der Waals surface area contributed by atoms with Crippen LogP contribution in [0, 0.1) is 5.92 Å². The average Bonchev–Trinajstić information content (AvgIpc) is 1.88. The molecule has 0 spiro atoms. The van der Waals surface area contributed by atoms with E-state index in [9.17, 15) is 0 Å². The Labute approximate surface area is 61.9 Å². The van der Waals surface area contributed by atoms with E-state index >= 15 is 0 Å². The zero-order valence-electron chi connectivity index (χ0n) is 6.27. The third-order valence-electron chi connectivity index (χ3n) is 1.98. The lowest BCUT2D eigenvalue weighted by atomic mass is 9.94. The van der Waals surface area contributed by atoms with Crippen LogP contribution in [0.3, 0.4) is 0 Å². The van der Waals surface area contributed by atoms with Gasteiger partial charge in [-0.1, -0.05) is 6.58 Å². The highest BCUT2D eigenvalue weighted by molar-refractivity contribution is 4.84. The predicted octanol–water partition coefficient (Wildman–Crippen LogP) is 1.45. The van der Waals surface area contributed by atoms with Crippen molar-refractivity contribution in [3.8, 4) is 0 Å². The molecule has 58 valence electrons. The Hall–Kier alpha value is -0.500. The molecule has 2 N–H and O–H groups in total. The molecule has 0 amide bonds. The molecule has 0 radical (unpaired) electrons. The molecule has 0 aliphatic carbocycles. The first-order chi connectivity index (χ1) is 4.79. The molecule has 0 aromatic rings. The summed E-state index contributed by atoms with van der Waals surface area (Å²) < 4.78 is 0. The van der Waals surface area contributed by atoms with Crippen LogP contribution in [-0.4, -0.2) is 18.2 Å². The standard InChI is InChI=1S/C8H15NO/c1-7(10)6-8-2-4-9-5-3-8/h8-10H,1-6H2. The number of allylic oxidation sites excluding steroid dienone is 1. The quantitative estimate of drug-likeness (QED) is 0.570. The lowest BCUT2D eigenvalue weighted by molar-refractivity contribution is 0.307. The van der Waals surface area contributed by atoms with E-state index in [0.29, 0.717) is 11.7 Å². The van der Waals surface area contributed by atoms with Crippen molar-refractivity contribution in [2.45, 2.75) is 19.3 Å². The maximum absolute atomic E-state index is 8.89. The monoisotopic (exact) mass is 141 g/mol. The van der Waals surface area contributed by atoms with E-state index in [1.165, 1.54) is 12.8 Å². The smallest absolute Gasteiger partial charge is 0.0853 e. The van der Waals surface area contributed by atoms with Crippen LogP contribution >= 0.6 is 0 Å². The molecular weight excluding hydrogens is 126 g/mol. The molecule has 10 heavy (non-hydrogen) atoms. The van der Waals surface area contributed by atoms with Crippen LogP contribution in [0.5, 0.6) is 0 Å². The predicted molar refractivity (Wildman–Crippen MR) is 42.0 cm³/mol. The number of hydrogen-bond donors (Lipinski definition) is 2. The molecule has 1 saturated heterocycles. The molecule has 0 saturated carbocycles. The first-order valence-corrected chi connectivity index (χ1v) is 3.86. The molecule has 0 unspecified atom stereocenters. The van der Waals surface area contributed by atoms with Gasteiger partial charge in [0.25, 0.3) is 0 Å². The minimum absolute atomic E-state index is 0.340. The van der Waals surface area contributed by atoms with Crippen LogP contribution in [0.2, 0.25) is 0 Å². The van der Waals surface area contributed by atoms with Gasteiger partial charge < -0.3 is 10.4 Å². The fraction of sp³-hybridized carbons (Fsp3) is 0.750. The van der Waals surface area contributed by atoms with Gasteiger partial charge >= 0.3 is 0 Å². The van der Waals surface area contributed by atoms with Gasteiger partial charge in [0.05, 0.1) is 5.76 Å². The normalized spacial score (nSPS) is 20.8. The van der Waals surface area contributed by atoms with Crippen molar-refractivity contribution in [2.24, 2.45) is 5.92 Å². The second-order valence-electron chi connectivity index (χ2n) is 2.96. The van der Waals surface area contributed by atoms with Gasteiger partial charge in [0, 0.05) is 6.42 Å². The summed E-state index contributed by atoms with van der Waals surface area (Å²) in [6, 6.07) is 0. The van der Waals surface area contributed by atoms with Crippen LogP contribution in [0.4, 0.5) is 0 Å². The van der Waals surface area contributed by atoms with Crippen LogP contribution in [-0.2, 0) is 0 Å². The van der Waals surface area contributed by atoms with Gasteiger partial charge in [0.15, 0.2) is 0 Å². The van der Waals surface area contributed by atoms with Gasteiger partial charge in [-0.2, -0.15) is 0 Å². The Kier molecular flexibility index (Phi) is 2.75. The SMILES string of the molecule is C=C(O)CC1CCNCC1. The molecule has 2 heteroatoms. The Balaban J connectivity index is 2.19. The van der Waals surface area contributed by atoms with E-state index in [1.54, 1.807) is 0 Å². The minimum Gasteiger partial charge on any atom is -0.513 e. The zero-order chi connectivity index (χ0) is 7.40. The van der Waals surface area contributed by atoms with Crippen molar-refractivity contribution in [1.82, 2.24) is 5.32 Å². The van der Waals surface area contributed by atoms with Crippen molar-refractivity contribution in [3.05, 3.63) is 12.3 Å². The molecular formula is C8H15NO. The van der Waals surface area contributed by atoms with E-state index in [-0.39, 0.29) is 0 Å². The summed E-state index contributed by atoms with van der Waals surface area (Å²) in [5.41, 5.74) is 0. The maximum atomic E-state index is 8.89. The van der Waals surface area contributed by atoms with Crippen molar-refractivity contribution in [1.29, 1.82) is 0 Å². The summed E-state index contributed by atoms with van der Waals surface area (Å²) in [6.07, 6.45) is 3.15. The molecule has 1 rings (SSSR count). The number of nitrogens with one attached hydrogen (secondary N) is 1. The van der Waals surface area contributed by atoms with Crippen molar-refractivity contribution in [3.63, 3.8) is 0 Å². The van der Waals surface area contributed by atoms with Crippen molar-refractivity contribution in [2.75, 3.05) is 13.1 Å². The second kappa shape index (κ2) is 3.62. The molecule has 0 bridgehead atoms. The maximum Gasteiger partial charge on any atom is 0.0853 e. The second-order valence-corrected chi connectivity index (χ2v) is 2.96. The number of aliphatic hydroxyl groups excluding tert-OH is 1. The largest absolute Gasteiger partial charge is 0.513 e. The molecule has 2 nitrogen and oxygen atoms in total. The number of piperidine rings is 1. The van der Waals surface area contributed by atoms with E-state index < -0.39 is 0 Å². The Morgan fingerprint density at radius 3 is 2.60 bits per heavy atom. The first kappa shape index (κ1) is 7.61. The van der Waals surface area contributed by atoms with Crippen molar-refractivity contribution >= 4 is 0 Å².